The molecule has 1 aliphatic heterocycles. The van der Waals surface area contributed by atoms with Crippen LogP contribution in [0.5, 0.6) is 0 Å². The molecule has 0 spiro atoms. The zero-order valence-electron chi connectivity index (χ0n) is 38.3. The molecule has 2 heterocycles. The van der Waals surface area contributed by atoms with Gasteiger partial charge >= 0.3 is 0 Å². The number of nitrogens with zero attached hydrogens (tertiary/aromatic N) is 1. The summed E-state index contributed by atoms with van der Waals surface area (Å²) in [5.74, 6) is 0.107. The number of hydrogen-bond donors (Lipinski definition) is 0. The molecule has 0 saturated carbocycles. The predicted octanol–water partition coefficient (Wildman–Crippen LogP) is 18.5. The quantitative estimate of drug-likeness (QED) is 0.148. The lowest BCUT2D eigenvalue weighted by Crippen LogP contribution is -2.29. The minimum Gasteiger partial charge on any atom is -0.455 e. The maximum atomic E-state index is 7.24. The summed E-state index contributed by atoms with van der Waals surface area (Å²) in [5.41, 5.74) is 19.7. The first-order valence-electron chi connectivity index (χ1n) is 24.3. The Kier molecular flexibility index (Phi) is 9.38. The Morgan fingerprint density at radius 1 is 0.343 bits per heavy atom. The lowest BCUT2D eigenvalue weighted by molar-refractivity contribution is 0.668. The molecule has 2 aliphatic rings. The maximum absolute atomic E-state index is 7.24. The molecule has 0 N–H and O–H groups in total. The number of anilines is 2. The lowest BCUT2D eigenvalue weighted by atomic mass is 9.85. The molecule has 0 radical (unpaired) electrons. The molecule has 1 aromatic heterocycles. The van der Waals surface area contributed by atoms with Crippen LogP contribution in [-0.4, -0.2) is 6.04 Å². The van der Waals surface area contributed by atoms with Crippen molar-refractivity contribution in [3.8, 4) is 55.6 Å². The Balaban J connectivity index is 0.925. The largest absolute Gasteiger partial charge is 0.455 e. The van der Waals surface area contributed by atoms with E-state index < -0.39 is 0 Å². The summed E-state index contributed by atoms with van der Waals surface area (Å²) in [6.07, 6.45) is 7.27. The number of rotatable bonds is 7. The molecule has 0 amide bonds. The van der Waals surface area contributed by atoms with Crippen LogP contribution in [0.1, 0.15) is 17.0 Å². The first kappa shape index (κ1) is 40.1. The van der Waals surface area contributed by atoms with Crippen LogP contribution in [-0.2, 0) is 0 Å². The SMILES string of the molecule is C1=CC2C(C=C1c1cc(-c3ccccc3)cc3c1oc1c(-c4ccccc4)cc(-c4ccccc4)cc13)c1ccccc1N2c1cccc(-c2c3ccccc3c(-c3ccccc3)c3ccccc23)c1. The van der Waals surface area contributed by atoms with Crippen LogP contribution in [0, 0.1) is 0 Å². The van der Waals surface area contributed by atoms with Gasteiger partial charge in [0.25, 0.3) is 0 Å². The topological polar surface area (TPSA) is 16.4 Å². The normalized spacial score (nSPS) is 15.1. The van der Waals surface area contributed by atoms with E-state index in [9.17, 15) is 0 Å². The molecule has 11 aromatic carbocycles. The van der Waals surface area contributed by atoms with Crippen LogP contribution in [0.3, 0.4) is 0 Å². The van der Waals surface area contributed by atoms with Crippen LogP contribution in [0.15, 0.2) is 265 Å². The van der Waals surface area contributed by atoms with Crippen LogP contribution >= 0.6 is 0 Å². The van der Waals surface area contributed by atoms with Gasteiger partial charge in [-0.2, -0.15) is 0 Å². The van der Waals surface area contributed by atoms with E-state index in [-0.39, 0.29) is 12.0 Å². The molecular formula is C68H45NO. The van der Waals surface area contributed by atoms with E-state index in [4.69, 9.17) is 4.42 Å². The van der Waals surface area contributed by atoms with E-state index in [1.807, 2.05) is 0 Å². The third-order valence-electron chi connectivity index (χ3n) is 14.7. The second-order valence-electron chi connectivity index (χ2n) is 18.7. The monoisotopic (exact) mass is 891 g/mol. The fourth-order valence-corrected chi connectivity index (χ4v) is 11.6. The number of para-hydroxylation sites is 1. The third kappa shape index (κ3) is 6.49. The molecule has 14 rings (SSSR count). The van der Waals surface area contributed by atoms with Gasteiger partial charge < -0.3 is 9.32 Å². The summed E-state index contributed by atoms with van der Waals surface area (Å²) in [6, 6.07) is 88.4. The fraction of sp³-hybridized carbons (Fsp3) is 0.0294. The second kappa shape index (κ2) is 16.4. The summed E-state index contributed by atoms with van der Waals surface area (Å²) in [6.45, 7) is 0. The molecule has 0 bridgehead atoms. The summed E-state index contributed by atoms with van der Waals surface area (Å²) in [5, 5.41) is 7.25. The van der Waals surface area contributed by atoms with Gasteiger partial charge in [0.1, 0.15) is 11.2 Å². The molecule has 2 unspecified atom stereocenters. The van der Waals surface area contributed by atoms with E-state index in [2.05, 4.69) is 266 Å². The minimum atomic E-state index is 0.0759. The third-order valence-corrected chi connectivity index (χ3v) is 14.7. The Bertz CT molecular complexity index is 4000. The van der Waals surface area contributed by atoms with E-state index in [1.165, 1.54) is 77.4 Å². The van der Waals surface area contributed by atoms with Crippen molar-refractivity contribution in [2.24, 2.45) is 0 Å². The Morgan fingerprint density at radius 2 is 0.814 bits per heavy atom. The van der Waals surface area contributed by atoms with Crippen molar-refractivity contribution in [1.82, 2.24) is 0 Å². The van der Waals surface area contributed by atoms with Crippen molar-refractivity contribution in [1.29, 1.82) is 0 Å². The van der Waals surface area contributed by atoms with Crippen LogP contribution < -0.4 is 4.90 Å². The minimum absolute atomic E-state index is 0.0759. The molecule has 1 aliphatic carbocycles. The van der Waals surface area contributed by atoms with Crippen LogP contribution in [0.2, 0.25) is 0 Å². The Morgan fingerprint density at radius 3 is 1.41 bits per heavy atom. The lowest BCUT2D eigenvalue weighted by Gasteiger charge is -2.30. The van der Waals surface area contributed by atoms with Gasteiger partial charge in [0, 0.05) is 39.2 Å². The van der Waals surface area contributed by atoms with E-state index in [0.29, 0.717) is 0 Å². The number of benzene rings is 11. The van der Waals surface area contributed by atoms with Gasteiger partial charge in [-0.15, -0.1) is 0 Å². The molecule has 2 heteroatoms. The molecule has 2 nitrogen and oxygen atoms in total. The standard InChI is InChI=1S/C68H45NO/c1-5-20-44(21-6-1)50-40-58(46-24-9-3-10-25-46)67-61(42-50)62-43-51(45-22-7-2-8-23-45)41-59(68(62)70-67)48-36-37-64-60(39-48)53-30-17-18-35-63(53)69(64)52-29-19-28-49(38-52)66-56-33-15-13-31-54(56)65(47-26-11-4-12-27-47)55-32-14-16-34-57(55)66/h1-43,60,64H. The molecule has 70 heavy (non-hydrogen) atoms. The van der Waals surface area contributed by atoms with Gasteiger partial charge in [0.05, 0.1) is 6.04 Å². The molecule has 0 fully saturated rings. The van der Waals surface area contributed by atoms with Gasteiger partial charge in [0.2, 0.25) is 0 Å². The highest BCUT2D eigenvalue weighted by Gasteiger charge is 2.39. The average Bonchev–Trinajstić information content (AvgIpc) is 3.98. The zero-order chi connectivity index (χ0) is 46.1. The highest BCUT2D eigenvalue weighted by Crippen LogP contribution is 2.52. The molecule has 12 aromatic rings. The van der Waals surface area contributed by atoms with Gasteiger partial charge in [0.15, 0.2) is 0 Å². The van der Waals surface area contributed by atoms with Crippen LogP contribution in [0.25, 0.3) is 105 Å². The van der Waals surface area contributed by atoms with Crippen molar-refractivity contribution in [2.75, 3.05) is 4.90 Å². The zero-order valence-corrected chi connectivity index (χ0v) is 38.3. The summed E-state index contributed by atoms with van der Waals surface area (Å²) in [7, 11) is 0. The first-order chi connectivity index (χ1) is 34.7. The van der Waals surface area contributed by atoms with E-state index in [0.717, 1.165) is 49.8 Å². The van der Waals surface area contributed by atoms with Gasteiger partial charge in [-0.3, -0.25) is 0 Å². The first-order valence-corrected chi connectivity index (χ1v) is 24.3. The summed E-state index contributed by atoms with van der Waals surface area (Å²) < 4.78 is 7.24. The second-order valence-corrected chi connectivity index (χ2v) is 18.7. The van der Waals surface area contributed by atoms with E-state index >= 15 is 0 Å². The van der Waals surface area contributed by atoms with Crippen molar-refractivity contribution in [3.05, 3.63) is 272 Å². The van der Waals surface area contributed by atoms with E-state index in [1.54, 1.807) is 0 Å². The van der Waals surface area contributed by atoms with Gasteiger partial charge in [-0.25, -0.2) is 0 Å². The summed E-state index contributed by atoms with van der Waals surface area (Å²) in [4.78, 5) is 2.56. The highest BCUT2D eigenvalue weighted by molar-refractivity contribution is 6.21. The number of fused-ring (bicyclic) bond motifs is 8. The van der Waals surface area contributed by atoms with Crippen molar-refractivity contribution < 1.29 is 4.42 Å². The Hall–Kier alpha value is -8.98. The van der Waals surface area contributed by atoms with Crippen molar-refractivity contribution in [3.63, 3.8) is 0 Å². The van der Waals surface area contributed by atoms with Gasteiger partial charge in [-0.1, -0.05) is 218 Å². The fourth-order valence-electron chi connectivity index (χ4n) is 11.6. The molecule has 328 valence electrons. The molecule has 0 saturated heterocycles. The summed E-state index contributed by atoms with van der Waals surface area (Å²) >= 11 is 0. The number of hydrogen-bond acceptors (Lipinski definition) is 2. The Labute approximate surface area is 407 Å². The maximum Gasteiger partial charge on any atom is 0.143 e. The highest BCUT2D eigenvalue weighted by atomic mass is 16.3. The number of allylic oxidation sites excluding steroid dienone is 2. The van der Waals surface area contributed by atoms with Crippen LogP contribution in [0.4, 0.5) is 11.4 Å². The average molecular weight is 892 g/mol. The molecular weight excluding hydrogens is 847 g/mol. The smallest absolute Gasteiger partial charge is 0.143 e. The van der Waals surface area contributed by atoms with Crippen molar-refractivity contribution in [2.45, 2.75) is 12.0 Å². The van der Waals surface area contributed by atoms with Crippen molar-refractivity contribution >= 4 is 60.4 Å². The molecule has 2 atom stereocenters. The number of furan rings is 1. The predicted molar refractivity (Wildman–Crippen MR) is 295 cm³/mol. The van der Waals surface area contributed by atoms with Gasteiger partial charge in [-0.05, 0) is 125 Å².